The molecule has 1 unspecified atom stereocenters. The zero-order chi connectivity index (χ0) is 12.1. The molecule has 17 heavy (non-hydrogen) atoms. The van der Waals surface area contributed by atoms with Gasteiger partial charge in [0.25, 0.3) is 0 Å². The van der Waals surface area contributed by atoms with Crippen LogP contribution in [-0.4, -0.2) is 44.2 Å². The molecule has 0 radical (unpaired) electrons. The number of rotatable bonds is 5. The molecule has 3 heteroatoms. The van der Waals surface area contributed by atoms with Crippen molar-refractivity contribution in [3.05, 3.63) is 29.8 Å². The van der Waals surface area contributed by atoms with Crippen LogP contribution in [0.4, 0.5) is 0 Å². The van der Waals surface area contributed by atoms with E-state index in [1.165, 1.54) is 18.5 Å². The molecule has 1 fully saturated rings. The van der Waals surface area contributed by atoms with Crippen LogP contribution in [0, 0.1) is 6.92 Å². The summed E-state index contributed by atoms with van der Waals surface area (Å²) < 4.78 is 5.81. The Labute approximate surface area is 104 Å². The van der Waals surface area contributed by atoms with E-state index in [9.17, 15) is 0 Å². The van der Waals surface area contributed by atoms with Crippen molar-refractivity contribution in [1.82, 2.24) is 10.2 Å². The minimum atomic E-state index is 0.661. The summed E-state index contributed by atoms with van der Waals surface area (Å²) in [6.07, 6.45) is 1.25. The normalized spacial score (nSPS) is 20.7. The van der Waals surface area contributed by atoms with E-state index >= 15 is 0 Å². The van der Waals surface area contributed by atoms with E-state index in [2.05, 4.69) is 23.2 Å². The number of nitrogens with one attached hydrogen (secondary N) is 1. The number of likely N-dealkylation sites (tertiary alicyclic amines) is 1. The lowest BCUT2D eigenvalue weighted by Gasteiger charge is -2.16. The Hall–Kier alpha value is -1.06. The third-order valence-corrected chi connectivity index (χ3v) is 3.44. The summed E-state index contributed by atoms with van der Waals surface area (Å²) in [5, 5.41) is 3.33. The maximum absolute atomic E-state index is 5.81. The Morgan fingerprint density at radius 1 is 1.41 bits per heavy atom. The summed E-state index contributed by atoms with van der Waals surface area (Å²) in [5.74, 6) is 1.01. The Morgan fingerprint density at radius 2 is 2.24 bits per heavy atom. The van der Waals surface area contributed by atoms with Crippen LogP contribution in [0.1, 0.15) is 12.0 Å². The summed E-state index contributed by atoms with van der Waals surface area (Å²) in [6.45, 7) is 6.21. The quantitative estimate of drug-likeness (QED) is 0.838. The van der Waals surface area contributed by atoms with Gasteiger partial charge in [-0.3, -0.25) is 4.90 Å². The van der Waals surface area contributed by atoms with Crippen molar-refractivity contribution in [1.29, 1.82) is 0 Å². The van der Waals surface area contributed by atoms with Crippen molar-refractivity contribution in [2.24, 2.45) is 0 Å². The molecule has 0 bridgehead atoms. The van der Waals surface area contributed by atoms with Crippen LogP contribution in [0.5, 0.6) is 5.75 Å². The Kier molecular flexibility index (Phi) is 4.40. The first-order valence-corrected chi connectivity index (χ1v) is 6.37. The molecular weight excluding hydrogens is 212 g/mol. The van der Waals surface area contributed by atoms with Gasteiger partial charge in [0.2, 0.25) is 0 Å². The molecule has 1 aliphatic rings. The lowest BCUT2D eigenvalue weighted by Crippen LogP contribution is -2.31. The molecule has 1 saturated heterocycles. The molecule has 2 rings (SSSR count). The molecule has 1 aliphatic heterocycles. The van der Waals surface area contributed by atoms with Crippen molar-refractivity contribution >= 4 is 0 Å². The SMILES string of the molecule is CNC1CCN(CCOc2ccccc2C)C1. The lowest BCUT2D eigenvalue weighted by atomic mass is 10.2. The van der Waals surface area contributed by atoms with Crippen molar-refractivity contribution in [2.75, 3.05) is 33.3 Å². The number of ether oxygens (including phenoxy) is 1. The molecule has 0 saturated carbocycles. The highest BCUT2D eigenvalue weighted by Gasteiger charge is 2.20. The molecule has 0 spiro atoms. The fourth-order valence-corrected chi connectivity index (χ4v) is 2.27. The van der Waals surface area contributed by atoms with Gasteiger partial charge in [0.1, 0.15) is 12.4 Å². The fraction of sp³-hybridized carbons (Fsp3) is 0.571. The molecular formula is C14H22N2O. The number of para-hydroxylation sites is 1. The van der Waals surface area contributed by atoms with Gasteiger partial charge in [-0.05, 0) is 38.6 Å². The van der Waals surface area contributed by atoms with E-state index in [1.54, 1.807) is 0 Å². The summed E-state index contributed by atoms with van der Waals surface area (Å²) in [5.41, 5.74) is 1.21. The molecule has 94 valence electrons. The van der Waals surface area contributed by atoms with Gasteiger partial charge in [-0.1, -0.05) is 18.2 Å². The number of nitrogens with zero attached hydrogens (tertiary/aromatic N) is 1. The average molecular weight is 234 g/mol. The molecule has 1 N–H and O–H groups in total. The van der Waals surface area contributed by atoms with E-state index < -0.39 is 0 Å². The standard InChI is InChI=1S/C14H22N2O/c1-12-5-3-4-6-14(12)17-10-9-16-8-7-13(11-16)15-2/h3-6,13,15H,7-11H2,1-2H3. The van der Waals surface area contributed by atoms with Crippen LogP contribution in [-0.2, 0) is 0 Å². The first kappa shape index (κ1) is 12.4. The third-order valence-electron chi connectivity index (χ3n) is 3.44. The van der Waals surface area contributed by atoms with Gasteiger partial charge in [-0.15, -0.1) is 0 Å². The molecule has 3 nitrogen and oxygen atoms in total. The van der Waals surface area contributed by atoms with Crippen LogP contribution in [0.15, 0.2) is 24.3 Å². The first-order valence-electron chi connectivity index (χ1n) is 6.37. The number of hydrogen-bond donors (Lipinski definition) is 1. The van der Waals surface area contributed by atoms with Crippen LogP contribution < -0.4 is 10.1 Å². The van der Waals surface area contributed by atoms with Crippen LogP contribution in [0.25, 0.3) is 0 Å². The van der Waals surface area contributed by atoms with Gasteiger partial charge in [-0.25, -0.2) is 0 Å². The predicted octanol–water partition coefficient (Wildman–Crippen LogP) is 1.67. The van der Waals surface area contributed by atoms with Gasteiger partial charge in [0, 0.05) is 19.1 Å². The van der Waals surface area contributed by atoms with Gasteiger partial charge in [-0.2, -0.15) is 0 Å². The van der Waals surface area contributed by atoms with Gasteiger partial charge in [0.05, 0.1) is 0 Å². The van der Waals surface area contributed by atoms with Gasteiger partial charge < -0.3 is 10.1 Å². The molecule has 1 aromatic rings. The summed E-state index contributed by atoms with van der Waals surface area (Å²) >= 11 is 0. The molecule has 1 heterocycles. The van der Waals surface area contributed by atoms with Crippen molar-refractivity contribution < 1.29 is 4.74 Å². The Balaban J connectivity index is 1.72. The van der Waals surface area contributed by atoms with E-state index in [-0.39, 0.29) is 0 Å². The van der Waals surface area contributed by atoms with Crippen molar-refractivity contribution in [3.63, 3.8) is 0 Å². The topological polar surface area (TPSA) is 24.5 Å². The molecule has 0 aromatic heterocycles. The average Bonchev–Trinajstić information content (AvgIpc) is 2.80. The second kappa shape index (κ2) is 6.03. The molecule has 1 atom stereocenters. The zero-order valence-electron chi connectivity index (χ0n) is 10.8. The maximum Gasteiger partial charge on any atom is 0.122 e. The highest BCUT2D eigenvalue weighted by molar-refractivity contribution is 5.31. The number of benzene rings is 1. The number of likely N-dealkylation sites (N-methyl/N-ethyl adjacent to an activating group) is 1. The Bertz CT molecular complexity index is 354. The monoisotopic (exact) mass is 234 g/mol. The highest BCUT2D eigenvalue weighted by atomic mass is 16.5. The fourth-order valence-electron chi connectivity index (χ4n) is 2.27. The van der Waals surface area contributed by atoms with Crippen LogP contribution in [0.2, 0.25) is 0 Å². The van der Waals surface area contributed by atoms with Crippen molar-refractivity contribution in [2.45, 2.75) is 19.4 Å². The molecule has 1 aromatic carbocycles. The maximum atomic E-state index is 5.81. The highest BCUT2D eigenvalue weighted by Crippen LogP contribution is 2.16. The van der Waals surface area contributed by atoms with Gasteiger partial charge >= 0.3 is 0 Å². The van der Waals surface area contributed by atoms with Crippen molar-refractivity contribution in [3.8, 4) is 5.75 Å². The zero-order valence-corrected chi connectivity index (χ0v) is 10.8. The third kappa shape index (κ3) is 3.45. The minimum Gasteiger partial charge on any atom is -0.492 e. The minimum absolute atomic E-state index is 0.661. The van der Waals surface area contributed by atoms with Gasteiger partial charge in [0.15, 0.2) is 0 Å². The van der Waals surface area contributed by atoms with E-state index in [0.29, 0.717) is 6.04 Å². The molecule has 0 amide bonds. The lowest BCUT2D eigenvalue weighted by molar-refractivity contribution is 0.234. The smallest absolute Gasteiger partial charge is 0.122 e. The number of aryl methyl sites for hydroxylation is 1. The second-order valence-corrected chi connectivity index (χ2v) is 4.69. The summed E-state index contributed by atoms with van der Waals surface area (Å²) in [7, 11) is 2.04. The summed E-state index contributed by atoms with van der Waals surface area (Å²) in [4.78, 5) is 2.46. The first-order chi connectivity index (χ1) is 8.29. The second-order valence-electron chi connectivity index (χ2n) is 4.69. The predicted molar refractivity (Wildman–Crippen MR) is 70.6 cm³/mol. The Morgan fingerprint density at radius 3 is 2.94 bits per heavy atom. The molecule has 0 aliphatic carbocycles. The largest absolute Gasteiger partial charge is 0.492 e. The van der Waals surface area contributed by atoms with E-state index in [4.69, 9.17) is 4.74 Å². The van der Waals surface area contributed by atoms with Crippen LogP contribution in [0.3, 0.4) is 0 Å². The number of hydrogen-bond acceptors (Lipinski definition) is 3. The van der Waals surface area contributed by atoms with E-state index in [1.807, 2.05) is 25.2 Å². The summed E-state index contributed by atoms with van der Waals surface area (Å²) in [6, 6.07) is 8.85. The van der Waals surface area contributed by atoms with E-state index in [0.717, 1.165) is 25.4 Å². The van der Waals surface area contributed by atoms with Crippen LogP contribution >= 0.6 is 0 Å².